The van der Waals surface area contributed by atoms with Gasteiger partial charge in [-0.05, 0) is 24.8 Å². The second kappa shape index (κ2) is 7.29. The minimum atomic E-state index is -0.493. The van der Waals surface area contributed by atoms with Crippen LogP contribution < -0.4 is 5.32 Å². The van der Waals surface area contributed by atoms with E-state index in [9.17, 15) is 9.90 Å². The molecule has 0 radical (unpaired) electrons. The highest BCUT2D eigenvalue weighted by Gasteiger charge is 2.20. The van der Waals surface area contributed by atoms with E-state index in [4.69, 9.17) is 0 Å². The van der Waals surface area contributed by atoms with Crippen LogP contribution in [0.5, 0.6) is 0 Å². The van der Waals surface area contributed by atoms with Crippen molar-refractivity contribution >= 4 is 5.91 Å². The molecule has 104 valence electrons. The number of nitrogens with one attached hydrogen (secondary N) is 1. The summed E-state index contributed by atoms with van der Waals surface area (Å²) in [6.45, 7) is 0.547. The summed E-state index contributed by atoms with van der Waals surface area (Å²) in [7, 11) is 0. The van der Waals surface area contributed by atoms with E-state index in [1.807, 2.05) is 30.3 Å². The zero-order chi connectivity index (χ0) is 13.5. The monoisotopic (exact) mass is 261 g/mol. The molecule has 3 heteroatoms. The molecular formula is C16H23NO2. The van der Waals surface area contributed by atoms with Crippen molar-refractivity contribution in [2.24, 2.45) is 5.92 Å². The number of benzene rings is 1. The van der Waals surface area contributed by atoms with Crippen LogP contribution in [-0.2, 0) is 4.79 Å². The summed E-state index contributed by atoms with van der Waals surface area (Å²) in [4.78, 5) is 11.9. The molecule has 0 saturated heterocycles. The van der Waals surface area contributed by atoms with E-state index >= 15 is 0 Å². The Morgan fingerprint density at radius 3 is 2.58 bits per heavy atom. The van der Waals surface area contributed by atoms with Gasteiger partial charge in [0.2, 0.25) is 5.91 Å². The maximum atomic E-state index is 11.9. The average Bonchev–Trinajstić information content (AvgIpc) is 2.49. The Bertz CT molecular complexity index is 385. The molecule has 1 fully saturated rings. The zero-order valence-electron chi connectivity index (χ0n) is 11.3. The van der Waals surface area contributed by atoms with Crippen molar-refractivity contribution < 1.29 is 9.90 Å². The van der Waals surface area contributed by atoms with Crippen LogP contribution in [0.3, 0.4) is 0 Å². The Kier molecular flexibility index (Phi) is 5.40. The number of carbonyl (C=O) groups excluding carboxylic acids is 1. The molecule has 1 aromatic carbocycles. The Morgan fingerprint density at radius 2 is 1.89 bits per heavy atom. The van der Waals surface area contributed by atoms with Crippen LogP contribution in [0.25, 0.3) is 0 Å². The van der Waals surface area contributed by atoms with Gasteiger partial charge in [-0.2, -0.15) is 0 Å². The average molecular weight is 261 g/mol. The summed E-state index contributed by atoms with van der Waals surface area (Å²) >= 11 is 0. The first-order valence-corrected chi connectivity index (χ1v) is 7.28. The van der Waals surface area contributed by atoms with Gasteiger partial charge in [-0.1, -0.05) is 49.6 Å². The maximum absolute atomic E-state index is 11.9. The lowest BCUT2D eigenvalue weighted by molar-refractivity contribution is -0.126. The molecule has 1 aliphatic carbocycles. The van der Waals surface area contributed by atoms with Crippen molar-refractivity contribution in [2.75, 3.05) is 6.54 Å². The molecule has 0 aliphatic heterocycles. The third-order valence-corrected chi connectivity index (χ3v) is 3.88. The molecule has 0 aromatic heterocycles. The summed E-state index contributed by atoms with van der Waals surface area (Å²) in [5, 5.41) is 12.9. The normalized spacial score (nSPS) is 17.9. The lowest BCUT2D eigenvalue weighted by atomic mass is 9.88. The van der Waals surface area contributed by atoms with E-state index < -0.39 is 6.10 Å². The second-order valence-electron chi connectivity index (χ2n) is 5.34. The molecule has 1 aliphatic rings. The highest BCUT2D eigenvalue weighted by molar-refractivity contribution is 5.78. The first-order valence-electron chi connectivity index (χ1n) is 7.28. The summed E-state index contributed by atoms with van der Waals surface area (Å²) < 4.78 is 0. The third-order valence-electron chi connectivity index (χ3n) is 3.88. The van der Waals surface area contributed by atoms with E-state index in [-0.39, 0.29) is 11.8 Å². The van der Waals surface area contributed by atoms with Crippen LogP contribution in [0.15, 0.2) is 30.3 Å². The fourth-order valence-electron chi connectivity index (χ4n) is 2.68. The summed E-state index contributed by atoms with van der Waals surface area (Å²) in [6, 6.07) is 9.58. The van der Waals surface area contributed by atoms with Gasteiger partial charge in [-0.15, -0.1) is 0 Å². The van der Waals surface area contributed by atoms with Crippen molar-refractivity contribution in [1.29, 1.82) is 0 Å². The third kappa shape index (κ3) is 4.35. The summed E-state index contributed by atoms with van der Waals surface area (Å²) in [6.07, 6.45) is 5.72. The maximum Gasteiger partial charge on any atom is 0.223 e. The molecule has 1 aromatic rings. The fraction of sp³-hybridized carbons (Fsp3) is 0.562. The second-order valence-corrected chi connectivity index (χ2v) is 5.34. The van der Waals surface area contributed by atoms with Gasteiger partial charge in [0.1, 0.15) is 0 Å². The summed E-state index contributed by atoms with van der Waals surface area (Å²) in [5.74, 6) is 0.363. The standard InChI is InChI=1S/C16H23NO2/c18-15(13-7-3-1-4-8-13)11-12-17-16(19)14-9-5-2-6-10-14/h1,3-4,7-8,14-15,18H,2,5-6,9-12H2,(H,17,19). The van der Waals surface area contributed by atoms with E-state index in [1.165, 1.54) is 19.3 Å². The lowest BCUT2D eigenvalue weighted by Crippen LogP contribution is -2.33. The molecule has 2 N–H and O–H groups in total. The molecule has 0 bridgehead atoms. The number of rotatable bonds is 5. The van der Waals surface area contributed by atoms with Crippen LogP contribution in [0.4, 0.5) is 0 Å². The number of hydrogen-bond acceptors (Lipinski definition) is 2. The minimum Gasteiger partial charge on any atom is -0.388 e. The Labute approximate surface area is 115 Å². The van der Waals surface area contributed by atoms with Crippen molar-refractivity contribution in [3.05, 3.63) is 35.9 Å². The highest BCUT2D eigenvalue weighted by Crippen LogP contribution is 2.23. The Hall–Kier alpha value is -1.35. The van der Waals surface area contributed by atoms with Gasteiger partial charge >= 0.3 is 0 Å². The van der Waals surface area contributed by atoms with Crippen LogP contribution in [0.2, 0.25) is 0 Å². The zero-order valence-corrected chi connectivity index (χ0v) is 11.3. The number of aliphatic hydroxyl groups excluding tert-OH is 1. The van der Waals surface area contributed by atoms with E-state index in [2.05, 4.69) is 5.32 Å². The Balaban J connectivity index is 1.69. The quantitative estimate of drug-likeness (QED) is 0.856. The Morgan fingerprint density at radius 1 is 1.21 bits per heavy atom. The first kappa shape index (κ1) is 14.1. The number of aliphatic hydroxyl groups is 1. The largest absolute Gasteiger partial charge is 0.388 e. The van der Waals surface area contributed by atoms with Crippen molar-refractivity contribution in [2.45, 2.75) is 44.6 Å². The van der Waals surface area contributed by atoms with Gasteiger partial charge in [0.05, 0.1) is 6.10 Å². The van der Waals surface area contributed by atoms with Gasteiger partial charge in [-0.25, -0.2) is 0 Å². The van der Waals surface area contributed by atoms with Gasteiger partial charge in [0.25, 0.3) is 0 Å². The van der Waals surface area contributed by atoms with E-state index in [1.54, 1.807) is 0 Å². The molecule has 1 saturated carbocycles. The predicted molar refractivity (Wildman–Crippen MR) is 75.6 cm³/mol. The molecule has 1 amide bonds. The first-order chi connectivity index (χ1) is 9.27. The van der Waals surface area contributed by atoms with Gasteiger partial charge in [0, 0.05) is 12.5 Å². The van der Waals surface area contributed by atoms with E-state index in [0.29, 0.717) is 13.0 Å². The molecule has 19 heavy (non-hydrogen) atoms. The van der Waals surface area contributed by atoms with Crippen molar-refractivity contribution in [1.82, 2.24) is 5.32 Å². The molecule has 3 nitrogen and oxygen atoms in total. The highest BCUT2D eigenvalue weighted by atomic mass is 16.3. The van der Waals surface area contributed by atoms with Crippen LogP contribution in [0, 0.1) is 5.92 Å². The topological polar surface area (TPSA) is 49.3 Å². The van der Waals surface area contributed by atoms with Gasteiger partial charge in [0.15, 0.2) is 0 Å². The van der Waals surface area contributed by atoms with Crippen molar-refractivity contribution in [3.8, 4) is 0 Å². The minimum absolute atomic E-state index is 0.167. The lowest BCUT2D eigenvalue weighted by Gasteiger charge is -2.21. The van der Waals surface area contributed by atoms with E-state index in [0.717, 1.165) is 18.4 Å². The van der Waals surface area contributed by atoms with Crippen LogP contribution in [-0.4, -0.2) is 17.6 Å². The molecule has 1 unspecified atom stereocenters. The molecule has 2 rings (SSSR count). The number of carbonyl (C=O) groups is 1. The SMILES string of the molecule is O=C(NCCC(O)c1ccccc1)C1CCCCC1. The summed E-state index contributed by atoms with van der Waals surface area (Å²) in [5.41, 5.74) is 0.911. The van der Waals surface area contributed by atoms with Gasteiger partial charge in [-0.3, -0.25) is 4.79 Å². The molecule has 0 heterocycles. The molecule has 0 spiro atoms. The molecular weight excluding hydrogens is 238 g/mol. The fourth-order valence-corrected chi connectivity index (χ4v) is 2.68. The predicted octanol–water partition coefficient (Wildman–Crippen LogP) is 2.81. The smallest absolute Gasteiger partial charge is 0.223 e. The van der Waals surface area contributed by atoms with Crippen LogP contribution in [0.1, 0.15) is 50.2 Å². The number of hydrogen-bond donors (Lipinski definition) is 2. The van der Waals surface area contributed by atoms with Crippen LogP contribution >= 0.6 is 0 Å². The van der Waals surface area contributed by atoms with Gasteiger partial charge < -0.3 is 10.4 Å². The molecule has 1 atom stereocenters. The number of amides is 1. The van der Waals surface area contributed by atoms with Crippen molar-refractivity contribution in [3.63, 3.8) is 0 Å².